The Kier molecular flexibility index (Phi) is 3.12. The van der Waals surface area contributed by atoms with Crippen molar-refractivity contribution >= 4 is 11.0 Å². The van der Waals surface area contributed by atoms with Crippen LogP contribution in [0.15, 0.2) is 17.3 Å². The molecule has 0 saturated carbocycles. The molecule has 2 aromatic heterocycles. The lowest BCUT2D eigenvalue weighted by Crippen LogP contribution is -2.21. The summed E-state index contributed by atoms with van der Waals surface area (Å²) in [6.07, 6.45) is 4.00. The van der Waals surface area contributed by atoms with Crippen molar-refractivity contribution in [2.24, 2.45) is 5.92 Å². The van der Waals surface area contributed by atoms with Crippen molar-refractivity contribution in [3.8, 4) is 0 Å². The number of hydrogen-bond acceptors (Lipinski definition) is 4. The molecule has 0 radical (unpaired) electrons. The Labute approximate surface area is 110 Å². The first kappa shape index (κ1) is 12.4. The number of aliphatic hydroxyl groups is 1. The first-order chi connectivity index (χ1) is 9.19. The minimum atomic E-state index is -0.244. The van der Waals surface area contributed by atoms with Crippen LogP contribution in [0.25, 0.3) is 11.0 Å². The highest BCUT2D eigenvalue weighted by atomic mass is 16.3. The molecule has 2 aromatic rings. The molecule has 3 heterocycles. The summed E-state index contributed by atoms with van der Waals surface area (Å²) in [4.78, 5) is 23.6. The van der Waals surface area contributed by atoms with Crippen LogP contribution in [0.5, 0.6) is 0 Å². The Morgan fingerprint density at radius 3 is 3.05 bits per heavy atom. The summed E-state index contributed by atoms with van der Waals surface area (Å²) in [7, 11) is 0. The molecule has 19 heavy (non-hydrogen) atoms. The molecule has 6 heteroatoms. The lowest BCUT2D eigenvalue weighted by Gasteiger charge is -2.14. The number of β-amino-alcohol motifs (C(OH)–C–C–N with tert-alkyl or cyclic N) is 1. The van der Waals surface area contributed by atoms with Crippen molar-refractivity contribution in [1.29, 1.82) is 0 Å². The molecule has 1 saturated heterocycles. The summed E-state index contributed by atoms with van der Waals surface area (Å²) < 4.78 is 0. The number of likely N-dealkylation sites (tertiary alicyclic amines) is 1. The summed E-state index contributed by atoms with van der Waals surface area (Å²) in [5.74, 6) is 0.349. The molecule has 2 atom stereocenters. The third-order valence-electron chi connectivity index (χ3n) is 3.95. The van der Waals surface area contributed by atoms with Gasteiger partial charge in [0.1, 0.15) is 5.52 Å². The Hall–Kier alpha value is -1.66. The Morgan fingerprint density at radius 1 is 1.47 bits per heavy atom. The number of rotatable bonds is 3. The van der Waals surface area contributed by atoms with E-state index in [1.54, 1.807) is 0 Å². The smallest absolute Gasteiger partial charge is 0.275 e. The van der Waals surface area contributed by atoms with E-state index >= 15 is 0 Å². The second-order valence-electron chi connectivity index (χ2n) is 5.20. The second kappa shape index (κ2) is 4.79. The van der Waals surface area contributed by atoms with Crippen molar-refractivity contribution in [1.82, 2.24) is 19.9 Å². The molecule has 0 unspecified atom stereocenters. The first-order valence-corrected chi connectivity index (χ1v) is 6.63. The van der Waals surface area contributed by atoms with E-state index in [0.717, 1.165) is 24.0 Å². The highest BCUT2D eigenvalue weighted by Crippen LogP contribution is 2.23. The van der Waals surface area contributed by atoms with Crippen LogP contribution in [0.3, 0.4) is 0 Å². The van der Waals surface area contributed by atoms with Gasteiger partial charge in [-0.05, 0) is 12.3 Å². The molecule has 0 spiro atoms. The van der Waals surface area contributed by atoms with E-state index < -0.39 is 0 Å². The number of fused-ring (bicyclic) bond motifs is 1. The van der Waals surface area contributed by atoms with E-state index in [-0.39, 0.29) is 11.7 Å². The van der Waals surface area contributed by atoms with Gasteiger partial charge >= 0.3 is 0 Å². The number of aromatic nitrogens is 3. The number of aromatic amines is 2. The van der Waals surface area contributed by atoms with E-state index in [1.165, 1.54) is 6.33 Å². The van der Waals surface area contributed by atoms with Crippen LogP contribution in [0.4, 0.5) is 0 Å². The number of nitrogens with one attached hydrogen (secondary N) is 2. The molecule has 1 fully saturated rings. The van der Waals surface area contributed by atoms with Gasteiger partial charge in [0.15, 0.2) is 0 Å². The normalized spacial score (nSPS) is 24.3. The summed E-state index contributed by atoms with van der Waals surface area (Å²) >= 11 is 0. The van der Waals surface area contributed by atoms with Gasteiger partial charge in [0, 0.05) is 31.4 Å². The third-order valence-corrected chi connectivity index (χ3v) is 3.95. The van der Waals surface area contributed by atoms with Gasteiger partial charge < -0.3 is 15.1 Å². The average molecular weight is 262 g/mol. The molecule has 6 nitrogen and oxygen atoms in total. The molecule has 1 aliphatic rings. The minimum absolute atomic E-state index is 0.149. The maximum absolute atomic E-state index is 11.6. The second-order valence-corrected chi connectivity index (χ2v) is 5.20. The zero-order valence-corrected chi connectivity index (χ0v) is 10.9. The van der Waals surface area contributed by atoms with Crippen LogP contribution >= 0.6 is 0 Å². The van der Waals surface area contributed by atoms with Crippen LogP contribution in [-0.4, -0.2) is 44.2 Å². The molecule has 0 amide bonds. The van der Waals surface area contributed by atoms with Gasteiger partial charge in [-0.15, -0.1) is 0 Å². The predicted molar refractivity (Wildman–Crippen MR) is 71.8 cm³/mol. The zero-order valence-electron chi connectivity index (χ0n) is 10.9. The van der Waals surface area contributed by atoms with Crippen LogP contribution in [-0.2, 0) is 6.54 Å². The van der Waals surface area contributed by atoms with E-state index in [4.69, 9.17) is 0 Å². The molecule has 3 rings (SSSR count). The van der Waals surface area contributed by atoms with Crippen molar-refractivity contribution in [3.05, 3.63) is 28.4 Å². The monoisotopic (exact) mass is 262 g/mol. The standard InChI is InChI=1S/C13H18N4O2/c1-2-8-4-17(6-10(8)18)5-9-3-14-12-11(9)15-7-16-13(12)19/h3,7-8,10,14,18H,2,4-6H2,1H3,(H,15,16,19)/t8-,10-/m0/s1. The van der Waals surface area contributed by atoms with Gasteiger partial charge in [0.2, 0.25) is 0 Å². The average Bonchev–Trinajstić information content (AvgIpc) is 2.95. The van der Waals surface area contributed by atoms with E-state index in [9.17, 15) is 9.90 Å². The Morgan fingerprint density at radius 2 is 2.32 bits per heavy atom. The fourth-order valence-electron chi connectivity index (χ4n) is 2.84. The fraction of sp³-hybridized carbons (Fsp3) is 0.538. The zero-order chi connectivity index (χ0) is 13.4. The van der Waals surface area contributed by atoms with Gasteiger partial charge in [0.05, 0.1) is 17.9 Å². The minimum Gasteiger partial charge on any atom is -0.391 e. The topological polar surface area (TPSA) is 85.0 Å². The molecular formula is C13H18N4O2. The van der Waals surface area contributed by atoms with E-state index in [0.29, 0.717) is 24.5 Å². The van der Waals surface area contributed by atoms with Gasteiger partial charge in [-0.1, -0.05) is 6.92 Å². The maximum Gasteiger partial charge on any atom is 0.275 e. The van der Waals surface area contributed by atoms with Crippen molar-refractivity contribution in [2.75, 3.05) is 13.1 Å². The van der Waals surface area contributed by atoms with Gasteiger partial charge in [-0.25, -0.2) is 4.98 Å². The fourth-order valence-corrected chi connectivity index (χ4v) is 2.84. The highest BCUT2D eigenvalue weighted by molar-refractivity contribution is 5.77. The molecule has 102 valence electrons. The summed E-state index contributed by atoms with van der Waals surface area (Å²) in [6.45, 7) is 4.40. The van der Waals surface area contributed by atoms with Gasteiger partial charge in [-0.3, -0.25) is 9.69 Å². The molecular weight excluding hydrogens is 244 g/mol. The molecule has 0 bridgehead atoms. The van der Waals surface area contributed by atoms with Crippen LogP contribution in [0.1, 0.15) is 18.9 Å². The number of H-pyrrole nitrogens is 2. The van der Waals surface area contributed by atoms with Gasteiger partial charge in [0.25, 0.3) is 5.56 Å². The Bertz CT molecular complexity index is 633. The van der Waals surface area contributed by atoms with Gasteiger partial charge in [-0.2, -0.15) is 0 Å². The van der Waals surface area contributed by atoms with E-state index in [2.05, 4.69) is 26.8 Å². The predicted octanol–water partition coefficient (Wildman–Crippen LogP) is 0.454. The van der Waals surface area contributed by atoms with E-state index in [1.807, 2.05) is 6.20 Å². The van der Waals surface area contributed by atoms with Crippen molar-refractivity contribution < 1.29 is 5.11 Å². The largest absolute Gasteiger partial charge is 0.391 e. The molecule has 0 aliphatic carbocycles. The molecule has 1 aliphatic heterocycles. The third kappa shape index (κ3) is 2.17. The lowest BCUT2D eigenvalue weighted by atomic mass is 10.0. The molecule has 0 aromatic carbocycles. The Balaban J connectivity index is 1.83. The van der Waals surface area contributed by atoms with Crippen molar-refractivity contribution in [3.63, 3.8) is 0 Å². The summed E-state index contributed by atoms with van der Waals surface area (Å²) in [5.41, 5.74) is 2.09. The van der Waals surface area contributed by atoms with Crippen LogP contribution in [0.2, 0.25) is 0 Å². The lowest BCUT2D eigenvalue weighted by molar-refractivity contribution is 0.139. The summed E-state index contributed by atoms with van der Waals surface area (Å²) in [5, 5.41) is 9.93. The van der Waals surface area contributed by atoms with Crippen LogP contribution in [0, 0.1) is 5.92 Å². The number of aliphatic hydroxyl groups excluding tert-OH is 1. The molecule has 3 N–H and O–H groups in total. The summed E-state index contributed by atoms with van der Waals surface area (Å²) in [6, 6.07) is 0. The van der Waals surface area contributed by atoms with Crippen LogP contribution < -0.4 is 5.56 Å². The number of hydrogen-bond donors (Lipinski definition) is 3. The maximum atomic E-state index is 11.6. The highest BCUT2D eigenvalue weighted by Gasteiger charge is 2.30. The first-order valence-electron chi connectivity index (χ1n) is 6.63. The van der Waals surface area contributed by atoms with Crippen molar-refractivity contribution in [2.45, 2.75) is 26.0 Å². The number of nitrogens with zero attached hydrogens (tertiary/aromatic N) is 2. The SMILES string of the molecule is CC[C@H]1CN(Cc2c[nH]c3c(=O)[nH]cnc23)C[C@@H]1O. The quantitative estimate of drug-likeness (QED) is 0.750.